The molecular weight excluding hydrogens is 374 g/mol. The molecule has 0 aliphatic carbocycles. The van der Waals surface area contributed by atoms with Crippen molar-refractivity contribution in [1.82, 2.24) is 0 Å². The largest absolute Gasteiger partial charge is 0.496 e. The van der Waals surface area contributed by atoms with E-state index < -0.39 is 10.0 Å². The lowest BCUT2D eigenvalue weighted by atomic mass is 10.2. The number of anilines is 3. The minimum Gasteiger partial charge on any atom is -0.496 e. The molecule has 0 saturated heterocycles. The zero-order chi connectivity index (χ0) is 20.1. The Balaban J connectivity index is 1.72. The number of methoxy groups -OCH3 is 1. The van der Waals surface area contributed by atoms with Gasteiger partial charge in [0.15, 0.2) is 0 Å². The predicted molar refractivity (Wildman–Crippen MR) is 109 cm³/mol. The van der Waals surface area contributed by atoms with Crippen molar-refractivity contribution in [3.05, 3.63) is 77.9 Å². The summed E-state index contributed by atoms with van der Waals surface area (Å²) in [5, 5.41) is 12.0. The first-order valence-corrected chi connectivity index (χ1v) is 9.94. The van der Waals surface area contributed by atoms with E-state index in [1.54, 1.807) is 74.7 Å². The van der Waals surface area contributed by atoms with Crippen LogP contribution in [0.4, 0.5) is 17.1 Å². The number of benzene rings is 3. The molecule has 0 amide bonds. The maximum atomic E-state index is 12.6. The third-order valence-electron chi connectivity index (χ3n) is 4.12. The summed E-state index contributed by atoms with van der Waals surface area (Å²) < 4.78 is 32.9. The molecule has 28 heavy (non-hydrogen) atoms. The molecular formula is C21H19N3O3S. The van der Waals surface area contributed by atoms with Gasteiger partial charge >= 0.3 is 0 Å². The Morgan fingerprint density at radius 3 is 2.00 bits per heavy atom. The van der Waals surface area contributed by atoms with Gasteiger partial charge in [0, 0.05) is 17.1 Å². The fourth-order valence-corrected chi connectivity index (χ4v) is 3.79. The van der Waals surface area contributed by atoms with E-state index >= 15 is 0 Å². The molecule has 142 valence electrons. The standard InChI is InChI=1S/C21H19N3O3S/c1-15-13-20(11-12-21(15)27-2)28(25,26)24-19-9-7-18(8-10-19)23-17-5-3-16(14-22)4-6-17/h3-13,23-24H,1-2H3. The Bertz CT molecular complexity index is 1120. The number of aryl methyl sites for hydroxylation is 1. The van der Waals surface area contributed by atoms with E-state index in [-0.39, 0.29) is 4.90 Å². The summed E-state index contributed by atoms with van der Waals surface area (Å²) in [7, 11) is -2.15. The van der Waals surface area contributed by atoms with Crippen molar-refractivity contribution >= 4 is 27.1 Å². The normalized spacial score (nSPS) is 10.8. The fraction of sp³-hybridized carbons (Fsp3) is 0.0952. The average Bonchev–Trinajstić information content (AvgIpc) is 2.70. The fourth-order valence-electron chi connectivity index (χ4n) is 2.65. The van der Waals surface area contributed by atoms with Crippen LogP contribution in [0.5, 0.6) is 5.75 Å². The van der Waals surface area contributed by atoms with E-state index in [0.29, 0.717) is 17.0 Å². The molecule has 0 heterocycles. The second-order valence-electron chi connectivity index (χ2n) is 6.13. The van der Waals surface area contributed by atoms with Gasteiger partial charge < -0.3 is 10.1 Å². The number of rotatable bonds is 6. The summed E-state index contributed by atoms with van der Waals surface area (Å²) in [5.41, 5.74) is 3.42. The Morgan fingerprint density at radius 2 is 1.46 bits per heavy atom. The molecule has 0 saturated carbocycles. The lowest BCUT2D eigenvalue weighted by molar-refractivity contribution is 0.411. The molecule has 0 aliphatic rings. The zero-order valence-corrected chi connectivity index (χ0v) is 16.2. The van der Waals surface area contributed by atoms with Crippen molar-refractivity contribution in [2.24, 2.45) is 0 Å². The van der Waals surface area contributed by atoms with Crippen LogP contribution in [0, 0.1) is 18.3 Å². The van der Waals surface area contributed by atoms with Crippen LogP contribution in [0.25, 0.3) is 0 Å². The van der Waals surface area contributed by atoms with Crippen LogP contribution in [-0.2, 0) is 10.0 Å². The van der Waals surface area contributed by atoms with Crippen molar-refractivity contribution in [2.75, 3.05) is 17.1 Å². The highest BCUT2D eigenvalue weighted by molar-refractivity contribution is 7.92. The van der Waals surface area contributed by atoms with Crippen LogP contribution >= 0.6 is 0 Å². The molecule has 0 fully saturated rings. The summed E-state index contributed by atoms with van der Waals surface area (Å²) in [4.78, 5) is 0.172. The van der Waals surface area contributed by atoms with Gasteiger partial charge in [0.05, 0.1) is 23.6 Å². The van der Waals surface area contributed by atoms with E-state index in [0.717, 1.165) is 16.9 Å². The van der Waals surface area contributed by atoms with Crippen molar-refractivity contribution < 1.29 is 13.2 Å². The Labute approximate surface area is 164 Å². The number of sulfonamides is 1. The molecule has 3 aromatic rings. The molecule has 6 nitrogen and oxygen atoms in total. The van der Waals surface area contributed by atoms with Crippen molar-refractivity contribution in [3.8, 4) is 11.8 Å². The van der Waals surface area contributed by atoms with Gasteiger partial charge in [0.2, 0.25) is 0 Å². The molecule has 0 spiro atoms. The first kappa shape index (κ1) is 19.3. The Kier molecular flexibility index (Phi) is 5.52. The highest BCUT2D eigenvalue weighted by Gasteiger charge is 2.15. The lowest BCUT2D eigenvalue weighted by Crippen LogP contribution is -2.13. The molecule has 3 aromatic carbocycles. The molecule has 0 aromatic heterocycles. The van der Waals surface area contributed by atoms with Crippen LogP contribution in [-0.4, -0.2) is 15.5 Å². The second-order valence-corrected chi connectivity index (χ2v) is 7.81. The average molecular weight is 393 g/mol. The van der Waals surface area contributed by atoms with Crippen molar-refractivity contribution in [1.29, 1.82) is 5.26 Å². The van der Waals surface area contributed by atoms with Gasteiger partial charge in [-0.1, -0.05) is 0 Å². The summed E-state index contributed by atoms with van der Waals surface area (Å²) in [6, 6.07) is 20.8. The van der Waals surface area contributed by atoms with E-state index in [9.17, 15) is 8.42 Å². The number of nitrogens with zero attached hydrogens (tertiary/aromatic N) is 1. The van der Waals surface area contributed by atoms with Crippen molar-refractivity contribution in [3.63, 3.8) is 0 Å². The van der Waals surface area contributed by atoms with Crippen LogP contribution in [0.1, 0.15) is 11.1 Å². The number of hydrogen-bond donors (Lipinski definition) is 2. The van der Waals surface area contributed by atoms with Gasteiger partial charge in [-0.2, -0.15) is 5.26 Å². The summed E-state index contributed by atoms with van der Waals surface area (Å²) in [6.07, 6.45) is 0. The maximum Gasteiger partial charge on any atom is 0.261 e. The molecule has 2 N–H and O–H groups in total. The lowest BCUT2D eigenvalue weighted by Gasteiger charge is -2.12. The third kappa shape index (κ3) is 4.42. The molecule has 7 heteroatoms. The highest BCUT2D eigenvalue weighted by Crippen LogP contribution is 2.24. The molecule has 0 radical (unpaired) electrons. The SMILES string of the molecule is COc1ccc(S(=O)(=O)Nc2ccc(Nc3ccc(C#N)cc3)cc2)cc1C. The smallest absolute Gasteiger partial charge is 0.261 e. The monoisotopic (exact) mass is 393 g/mol. The first-order chi connectivity index (χ1) is 13.4. The molecule has 0 unspecified atom stereocenters. The number of ether oxygens (including phenoxy) is 1. The van der Waals surface area contributed by atoms with Crippen LogP contribution in [0.3, 0.4) is 0 Å². The Morgan fingerprint density at radius 1 is 0.893 bits per heavy atom. The molecule has 0 aliphatic heterocycles. The van der Waals surface area contributed by atoms with Crippen LogP contribution < -0.4 is 14.8 Å². The maximum absolute atomic E-state index is 12.6. The van der Waals surface area contributed by atoms with E-state index in [1.807, 2.05) is 0 Å². The third-order valence-corrected chi connectivity index (χ3v) is 5.50. The number of nitrogens with one attached hydrogen (secondary N) is 2. The van der Waals surface area contributed by atoms with E-state index in [4.69, 9.17) is 10.00 Å². The number of hydrogen-bond acceptors (Lipinski definition) is 5. The van der Waals surface area contributed by atoms with Crippen LogP contribution in [0.2, 0.25) is 0 Å². The van der Waals surface area contributed by atoms with Gasteiger partial charge in [0.25, 0.3) is 10.0 Å². The van der Waals surface area contributed by atoms with Crippen molar-refractivity contribution in [2.45, 2.75) is 11.8 Å². The summed E-state index contributed by atoms with van der Waals surface area (Å²) in [6.45, 7) is 1.79. The van der Waals surface area contributed by atoms with Gasteiger partial charge in [-0.15, -0.1) is 0 Å². The molecule has 3 rings (SSSR count). The zero-order valence-electron chi connectivity index (χ0n) is 15.4. The minimum atomic E-state index is -3.70. The van der Waals surface area contributed by atoms with Gasteiger partial charge in [-0.05, 0) is 79.2 Å². The summed E-state index contributed by atoms with van der Waals surface area (Å²) >= 11 is 0. The highest BCUT2D eigenvalue weighted by atomic mass is 32.2. The van der Waals surface area contributed by atoms with Gasteiger partial charge in [0.1, 0.15) is 5.75 Å². The Hall–Kier alpha value is -3.50. The van der Waals surface area contributed by atoms with Crippen LogP contribution in [0.15, 0.2) is 71.6 Å². The minimum absolute atomic E-state index is 0.172. The summed E-state index contributed by atoms with van der Waals surface area (Å²) in [5.74, 6) is 0.636. The predicted octanol–water partition coefficient (Wildman–Crippen LogP) is 4.42. The first-order valence-electron chi connectivity index (χ1n) is 8.46. The second kappa shape index (κ2) is 8.03. The topological polar surface area (TPSA) is 91.2 Å². The van der Waals surface area contributed by atoms with Gasteiger partial charge in [-0.3, -0.25) is 4.72 Å². The molecule has 0 bridgehead atoms. The van der Waals surface area contributed by atoms with E-state index in [2.05, 4.69) is 16.1 Å². The quantitative estimate of drug-likeness (QED) is 0.647. The molecule has 0 atom stereocenters. The van der Waals surface area contributed by atoms with Gasteiger partial charge in [-0.25, -0.2) is 8.42 Å². The number of nitriles is 1. The van der Waals surface area contributed by atoms with E-state index in [1.165, 1.54) is 6.07 Å².